The van der Waals surface area contributed by atoms with Crippen LogP contribution in [0.15, 0.2) is 0 Å². The first-order chi connectivity index (χ1) is 5.56. The van der Waals surface area contributed by atoms with E-state index in [9.17, 15) is 4.79 Å². The molecule has 0 aromatic carbocycles. The largest absolute Gasteiger partial charge is 0.371 e. The summed E-state index contributed by atoms with van der Waals surface area (Å²) in [5.74, 6) is 1.07. The number of ether oxygens (including phenoxy) is 1. The van der Waals surface area contributed by atoms with E-state index in [2.05, 4.69) is 0 Å². The summed E-state index contributed by atoms with van der Waals surface area (Å²) in [5, 5.41) is 0. The van der Waals surface area contributed by atoms with Crippen LogP contribution in [-0.2, 0) is 9.53 Å². The van der Waals surface area contributed by atoms with Gasteiger partial charge in [-0.3, -0.25) is 4.79 Å². The minimum atomic E-state index is -0.575. The summed E-state index contributed by atoms with van der Waals surface area (Å²) in [4.78, 5) is 11.5. The Morgan fingerprint density at radius 2 is 2.08 bits per heavy atom. The smallest absolute Gasteiger partial charge is 0.164 e. The quantitative estimate of drug-likeness (QED) is 0.632. The molecule has 1 aliphatic carbocycles. The van der Waals surface area contributed by atoms with E-state index < -0.39 is 5.60 Å². The SMILES string of the molecule is COC(C)(C)C(=O)CCC1CC1. The van der Waals surface area contributed by atoms with E-state index >= 15 is 0 Å². The lowest BCUT2D eigenvalue weighted by Gasteiger charge is -2.20. The molecule has 0 unspecified atom stereocenters. The number of rotatable bonds is 5. The summed E-state index contributed by atoms with van der Waals surface area (Å²) in [6.07, 6.45) is 4.39. The molecule has 0 amide bonds. The van der Waals surface area contributed by atoms with Gasteiger partial charge in [-0.05, 0) is 26.2 Å². The second-order valence-electron chi connectivity index (χ2n) is 4.12. The fraction of sp³-hybridized carbons (Fsp3) is 0.900. The Bertz CT molecular complexity index is 169. The lowest BCUT2D eigenvalue weighted by atomic mass is 9.98. The third kappa shape index (κ3) is 2.59. The van der Waals surface area contributed by atoms with Crippen molar-refractivity contribution < 1.29 is 9.53 Å². The minimum Gasteiger partial charge on any atom is -0.371 e. The monoisotopic (exact) mass is 170 g/mol. The van der Waals surface area contributed by atoms with Gasteiger partial charge in [-0.15, -0.1) is 0 Å². The zero-order chi connectivity index (χ0) is 9.19. The van der Waals surface area contributed by atoms with Crippen LogP contribution in [0.3, 0.4) is 0 Å². The van der Waals surface area contributed by atoms with E-state index in [1.165, 1.54) is 12.8 Å². The number of ketones is 1. The second-order valence-corrected chi connectivity index (χ2v) is 4.12. The number of Topliss-reactive ketones (excluding diaryl/α,β-unsaturated/α-hetero) is 1. The van der Waals surface area contributed by atoms with Crippen LogP contribution in [0.1, 0.15) is 39.5 Å². The molecule has 0 aromatic rings. The molecule has 0 spiro atoms. The Morgan fingerprint density at radius 3 is 2.50 bits per heavy atom. The van der Waals surface area contributed by atoms with E-state index in [0.717, 1.165) is 12.3 Å². The molecule has 0 bridgehead atoms. The average Bonchev–Trinajstić information content (AvgIpc) is 2.83. The van der Waals surface area contributed by atoms with Crippen LogP contribution in [-0.4, -0.2) is 18.5 Å². The summed E-state index contributed by atoms with van der Waals surface area (Å²) >= 11 is 0. The first-order valence-electron chi connectivity index (χ1n) is 4.64. The van der Waals surface area contributed by atoms with Gasteiger partial charge in [-0.25, -0.2) is 0 Å². The minimum absolute atomic E-state index is 0.233. The van der Waals surface area contributed by atoms with Gasteiger partial charge in [0.05, 0.1) is 0 Å². The molecule has 1 aliphatic rings. The van der Waals surface area contributed by atoms with Gasteiger partial charge in [0.15, 0.2) is 5.78 Å². The molecule has 0 aliphatic heterocycles. The number of hydrogen-bond donors (Lipinski definition) is 0. The molecule has 1 rings (SSSR count). The van der Waals surface area contributed by atoms with E-state index in [1.54, 1.807) is 7.11 Å². The maximum absolute atomic E-state index is 11.5. The standard InChI is InChI=1S/C10H18O2/c1-10(2,12-3)9(11)7-6-8-4-5-8/h8H,4-7H2,1-3H3. The summed E-state index contributed by atoms with van der Waals surface area (Å²) in [6, 6.07) is 0. The molecule has 12 heavy (non-hydrogen) atoms. The molecule has 1 saturated carbocycles. The number of hydrogen-bond acceptors (Lipinski definition) is 2. The third-order valence-corrected chi connectivity index (χ3v) is 2.66. The topological polar surface area (TPSA) is 26.3 Å². The zero-order valence-corrected chi connectivity index (χ0v) is 8.22. The molecule has 0 saturated heterocycles. The zero-order valence-electron chi connectivity index (χ0n) is 8.22. The first kappa shape index (κ1) is 9.72. The first-order valence-corrected chi connectivity index (χ1v) is 4.64. The molecular formula is C10H18O2. The van der Waals surface area contributed by atoms with Crippen molar-refractivity contribution in [3.63, 3.8) is 0 Å². The van der Waals surface area contributed by atoms with Gasteiger partial charge < -0.3 is 4.74 Å². The number of methoxy groups -OCH3 is 1. The maximum atomic E-state index is 11.5. The normalized spacial score (nSPS) is 17.9. The van der Waals surface area contributed by atoms with Gasteiger partial charge in [0.25, 0.3) is 0 Å². The molecule has 0 aromatic heterocycles. The van der Waals surface area contributed by atoms with Gasteiger partial charge >= 0.3 is 0 Å². The molecule has 0 atom stereocenters. The third-order valence-electron chi connectivity index (χ3n) is 2.66. The average molecular weight is 170 g/mol. The van der Waals surface area contributed by atoms with Crippen LogP contribution >= 0.6 is 0 Å². The van der Waals surface area contributed by atoms with Crippen LogP contribution in [0.2, 0.25) is 0 Å². The fourth-order valence-electron chi connectivity index (χ4n) is 1.16. The molecule has 0 radical (unpaired) electrons. The van der Waals surface area contributed by atoms with Crippen molar-refractivity contribution in [3.05, 3.63) is 0 Å². The number of carbonyl (C=O) groups is 1. The van der Waals surface area contributed by atoms with Gasteiger partial charge in [0, 0.05) is 13.5 Å². The Kier molecular flexibility index (Phi) is 2.89. The molecule has 1 fully saturated rings. The van der Waals surface area contributed by atoms with E-state index in [4.69, 9.17) is 4.74 Å². The van der Waals surface area contributed by atoms with Crippen molar-refractivity contribution in [1.82, 2.24) is 0 Å². The molecule has 0 heterocycles. The van der Waals surface area contributed by atoms with Crippen molar-refractivity contribution in [2.24, 2.45) is 5.92 Å². The van der Waals surface area contributed by atoms with Crippen molar-refractivity contribution in [2.75, 3.05) is 7.11 Å². The second kappa shape index (κ2) is 3.56. The summed E-state index contributed by atoms with van der Waals surface area (Å²) in [5.41, 5.74) is -0.575. The van der Waals surface area contributed by atoms with E-state index in [1.807, 2.05) is 13.8 Å². The fourth-order valence-corrected chi connectivity index (χ4v) is 1.16. The van der Waals surface area contributed by atoms with Crippen molar-refractivity contribution >= 4 is 5.78 Å². The molecule has 0 N–H and O–H groups in total. The van der Waals surface area contributed by atoms with E-state index in [0.29, 0.717) is 6.42 Å². The van der Waals surface area contributed by atoms with Crippen LogP contribution in [0.25, 0.3) is 0 Å². The lowest BCUT2D eigenvalue weighted by Crippen LogP contribution is -2.33. The van der Waals surface area contributed by atoms with Crippen molar-refractivity contribution in [3.8, 4) is 0 Å². The summed E-state index contributed by atoms with van der Waals surface area (Å²) < 4.78 is 5.10. The van der Waals surface area contributed by atoms with E-state index in [-0.39, 0.29) is 5.78 Å². The Morgan fingerprint density at radius 1 is 1.50 bits per heavy atom. The Balaban J connectivity index is 2.25. The van der Waals surface area contributed by atoms with Crippen molar-refractivity contribution in [2.45, 2.75) is 45.1 Å². The van der Waals surface area contributed by atoms with Crippen LogP contribution in [0.4, 0.5) is 0 Å². The highest BCUT2D eigenvalue weighted by atomic mass is 16.5. The molecular weight excluding hydrogens is 152 g/mol. The number of carbonyl (C=O) groups excluding carboxylic acids is 1. The maximum Gasteiger partial charge on any atom is 0.164 e. The summed E-state index contributed by atoms with van der Waals surface area (Å²) in [7, 11) is 1.59. The van der Waals surface area contributed by atoms with Gasteiger partial charge in [-0.2, -0.15) is 0 Å². The molecule has 2 nitrogen and oxygen atoms in total. The highest BCUT2D eigenvalue weighted by molar-refractivity contribution is 5.86. The van der Waals surface area contributed by atoms with Crippen LogP contribution in [0, 0.1) is 5.92 Å². The highest BCUT2D eigenvalue weighted by Gasteiger charge is 2.29. The predicted molar refractivity (Wildman–Crippen MR) is 48.1 cm³/mol. The van der Waals surface area contributed by atoms with Crippen LogP contribution < -0.4 is 0 Å². The van der Waals surface area contributed by atoms with Gasteiger partial charge in [-0.1, -0.05) is 12.8 Å². The lowest BCUT2D eigenvalue weighted by molar-refractivity contribution is -0.137. The predicted octanol–water partition coefficient (Wildman–Crippen LogP) is 2.17. The van der Waals surface area contributed by atoms with Gasteiger partial charge in [0.2, 0.25) is 0 Å². The Hall–Kier alpha value is -0.370. The highest BCUT2D eigenvalue weighted by Crippen LogP contribution is 2.34. The molecule has 2 heteroatoms. The van der Waals surface area contributed by atoms with Gasteiger partial charge in [0.1, 0.15) is 5.60 Å². The van der Waals surface area contributed by atoms with Crippen LogP contribution in [0.5, 0.6) is 0 Å². The Labute approximate surface area is 74.3 Å². The molecule has 70 valence electrons. The van der Waals surface area contributed by atoms with Crippen molar-refractivity contribution in [1.29, 1.82) is 0 Å². The summed E-state index contributed by atoms with van der Waals surface area (Å²) in [6.45, 7) is 3.67.